The molecule has 5 rings (SSSR count). The van der Waals surface area contributed by atoms with Crippen LogP contribution >= 0.6 is 0 Å². The zero-order valence-corrected chi connectivity index (χ0v) is 16.7. The molecule has 0 N–H and O–H groups in total. The van der Waals surface area contributed by atoms with Crippen LogP contribution in [-0.4, -0.2) is 59.2 Å². The van der Waals surface area contributed by atoms with E-state index in [0.717, 1.165) is 63.2 Å². The highest BCUT2D eigenvalue weighted by atomic mass is 16.5. The number of fused-ring (bicyclic) bond motifs is 4. The minimum absolute atomic E-state index is 0.284. The summed E-state index contributed by atoms with van der Waals surface area (Å²) in [5, 5.41) is 4.74. The molecule has 1 saturated carbocycles. The number of rotatable bonds is 4. The summed E-state index contributed by atoms with van der Waals surface area (Å²) in [6, 6.07) is 8.28. The van der Waals surface area contributed by atoms with E-state index in [4.69, 9.17) is 9.84 Å². The van der Waals surface area contributed by atoms with Gasteiger partial charge in [0.05, 0.1) is 18.4 Å². The number of para-hydroxylation sites is 1. The van der Waals surface area contributed by atoms with Gasteiger partial charge < -0.3 is 14.5 Å². The molecule has 1 aromatic carbocycles. The van der Waals surface area contributed by atoms with Gasteiger partial charge in [0.2, 0.25) is 5.91 Å². The normalized spacial score (nSPS) is 20.0. The zero-order chi connectivity index (χ0) is 19.3. The van der Waals surface area contributed by atoms with Crippen LogP contribution in [-0.2, 0) is 16.9 Å². The van der Waals surface area contributed by atoms with Crippen LogP contribution in [0.3, 0.4) is 0 Å². The number of nitrogens with zero attached hydrogens (tertiary/aromatic N) is 4. The first-order valence-corrected chi connectivity index (χ1v) is 10.4. The number of amides is 1. The topological polar surface area (TPSA) is 50.6 Å². The van der Waals surface area contributed by atoms with Gasteiger partial charge in [0.25, 0.3) is 0 Å². The molecule has 1 saturated heterocycles. The number of hydrogen-bond donors (Lipinski definition) is 0. The number of benzene rings is 1. The highest BCUT2D eigenvalue weighted by Crippen LogP contribution is 2.49. The highest BCUT2D eigenvalue weighted by molar-refractivity contribution is 5.81. The quantitative estimate of drug-likeness (QED) is 0.818. The predicted molar refractivity (Wildman–Crippen MR) is 107 cm³/mol. The van der Waals surface area contributed by atoms with Gasteiger partial charge in [-0.05, 0) is 39.1 Å². The first-order valence-electron chi connectivity index (χ1n) is 10.4. The lowest BCUT2D eigenvalue weighted by Crippen LogP contribution is -2.49. The SMILES string of the molecule is CN(C)CCn1ncc2c1-c1ccccc1OC21CCN(C(=O)C2CC2)CC1. The summed E-state index contributed by atoms with van der Waals surface area (Å²) in [4.78, 5) is 16.7. The first kappa shape index (κ1) is 17.7. The molecule has 3 heterocycles. The minimum Gasteiger partial charge on any atom is -0.482 e. The van der Waals surface area contributed by atoms with E-state index in [9.17, 15) is 4.79 Å². The number of piperidine rings is 1. The molecule has 28 heavy (non-hydrogen) atoms. The molecule has 1 spiro atoms. The molecule has 1 aromatic heterocycles. The number of aromatic nitrogens is 2. The fourth-order valence-electron chi connectivity index (χ4n) is 4.53. The molecule has 0 radical (unpaired) electrons. The molecular weight excluding hydrogens is 352 g/mol. The minimum atomic E-state index is -0.375. The van der Waals surface area contributed by atoms with Gasteiger partial charge in [-0.2, -0.15) is 5.10 Å². The van der Waals surface area contributed by atoms with Crippen molar-refractivity contribution < 1.29 is 9.53 Å². The Labute approximate surface area is 166 Å². The second-order valence-corrected chi connectivity index (χ2v) is 8.63. The number of likely N-dealkylation sites (N-methyl/N-ethyl adjacent to an activating group) is 1. The Morgan fingerprint density at radius 3 is 2.71 bits per heavy atom. The molecular formula is C22H28N4O2. The molecule has 1 amide bonds. The summed E-state index contributed by atoms with van der Waals surface area (Å²) in [7, 11) is 4.17. The third-order valence-electron chi connectivity index (χ3n) is 6.35. The summed E-state index contributed by atoms with van der Waals surface area (Å²) in [6.45, 7) is 3.31. The largest absolute Gasteiger partial charge is 0.482 e. The highest BCUT2D eigenvalue weighted by Gasteiger charge is 2.47. The number of carbonyl (C=O) groups is 1. The van der Waals surface area contributed by atoms with Gasteiger partial charge in [-0.15, -0.1) is 0 Å². The van der Waals surface area contributed by atoms with E-state index >= 15 is 0 Å². The summed E-state index contributed by atoms with van der Waals surface area (Å²) < 4.78 is 8.75. The molecule has 3 aliphatic rings. The van der Waals surface area contributed by atoms with Crippen LogP contribution in [0.2, 0.25) is 0 Å². The van der Waals surface area contributed by atoms with E-state index in [1.807, 2.05) is 17.2 Å². The summed E-state index contributed by atoms with van der Waals surface area (Å²) in [5.41, 5.74) is 3.12. The molecule has 2 fully saturated rings. The number of hydrogen-bond acceptors (Lipinski definition) is 4. The summed E-state index contributed by atoms with van der Waals surface area (Å²) in [6.07, 6.45) is 5.78. The first-order chi connectivity index (χ1) is 13.6. The number of likely N-dealkylation sites (tertiary alicyclic amines) is 1. The Morgan fingerprint density at radius 2 is 2.00 bits per heavy atom. The van der Waals surface area contributed by atoms with Crippen molar-refractivity contribution in [3.05, 3.63) is 36.0 Å². The van der Waals surface area contributed by atoms with Gasteiger partial charge in [0, 0.05) is 49.5 Å². The standard InChI is InChI=1S/C22H28N4O2/c1-24(2)13-14-26-20-17-5-3-4-6-19(17)28-22(18(20)15-23-26)9-11-25(12-10-22)21(27)16-7-8-16/h3-6,15-16H,7-14H2,1-2H3. The predicted octanol–water partition coefficient (Wildman–Crippen LogP) is 2.73. The maximum Gasteiger partial charge on any atom is 0.225 e. The van der Waals surface area contributed by atoms with Crippen LogP contribution in [0.25, 0.3) is 11.3 Å². The molecule has 0 atom stereocenters. The Bertz CT molecular complexity index is 892. The molecule has 6 heteroatoms. The lowest BCUT2D eigenvalue weighted by molar-refractivity contribution is -0.136. The van der Waals surface area contributed by atoms with Crippen molar-refractivity contribution in [1.82, 2.24) is 19.6 Å². The molecule has 6 nitrogen and oxygen atoms in total. The Kier molecular flexibility index (Phi) is 4.19. The smallest absolute Gasteiger partial charge is 0.225 e. The molecule has 0 bridgehead atoms. The van der Waals surface area contributed by atoms with E-state index in [1.165, 1.54) is 11.3 Å². The fraction of sp³-hybridized carbons (Fsp3) is 0.545. The average Bonchev–Trinajstić information content (AvgIpc) is 3.46. The molecule has 0 unspecified atom stereocenters. The molecule has 2 aliphatic heterocycles. The van der Waals surface area contributed by atoms with Crippen LogP contribution in [0.4, 0.5) is 0 Å². The maximum absolute atomic E-state index is 12.5. The number of carbonyl (C=O) groups excluding carboxylic acids is 1. The summed E-state index contributed by atoms with van der Waals surface area (Å²) >= 11 is 0. The van der Waals surface area contributed by atoms with E-state index < -0.39 is 0 Å². The van der Waals surface area contributed by atoms with Crippen molar-refractivity contribution >= 4 is 5.91 Å². The van der Waals surface area contributed by atoms with E-state index in [-0.39, 0.29) is 11.5 Å². The van der Waals surface area contributed by atoms with Crippen LogP contribution in [0.1, 0.15) is 31.2 Å². The van der Waals surface area contributed by atoms with Crippen molar-refractivity contribution in [1.29, 1.82) is 0 Å². The Hall–Kier alpha value is -2.34. The Balaban J connectivity index is 1.48. The fourth-order valence-corrected chi connectivity index (χ4v) is 4.53. The Morgan fingerprint density at radius 1 is 1.25 bits per heavy atom. The van der Waals surface area contributed by atoms with E-state index in [1.54, 1.807) is 0 Å². The third kappa shape index (κ3) is 2.91. The third-order valence-corrected chi connectivity index (χ3v) is 6.35. The lowest BCUT2D eigenvalue weighted by Gasteiger charge is -2.44. The summed E-state index contributed by atoms with van der Waals surface area (Å²) in [5.74, 6) is 1.56. The van der Waals surface area contributed by atoms with Crippen LogP contribution < -0.4 is 4.74 Å². The zero-order valence-electron chi connectivity index (χ0n) is 16.7. The maximum atomic E-state index is 12.5. The van der Waals surface area contributed by atoms with Gasteiger partial charge in [-0.1, -0.05) is 12.1 Å². The molecule has 1 aliphatic carbocycles. The second-order valence-electron chi connectivity index (χ2n) is 8.63. The van der Waals surface area contributed by atoms with Gasteiger partial charge in [0.15, 0.2) is 0 Å². The van der Waals surface area contributed by atoms with Crippen molar-refractivity contribution in [3.63, 3.8) is 0 Å². The van der Waals surface area contributed by atoms with Crippen LogP contribution in [0, 0.1) is 5.92 Å². The van der Waals surface area contributed by atoms with Crippen molar-refractivity contribution in [2.75, 3.05) is 33.7 Å². The van der Waals surface area contributed by atoms with E-state index in [2.05, 4.69) is 41.9 Å². The van der Waals surface area contributed by atoms with Gasteiger partial charge in [0.1, 0.15) is 11.4 Å². The van der Waals surface area contributed by atoms with Crippen molar-refractivity contribution in [3.8, 4) is 17.0 Å². The van der Waals surface area contributed by atoms with Crippen LogP contribution in [0.5, 0.6) is 5.75 Å². The average molecular weight is 380 g/mol. The number of ether oxygens (including phenoxy) is 1. The van der Waals surface area contributed by atoms with Crippen molar-refractivity contribution in [2.24, 2.45) is 5.92 Å². The van der Waals surface area contributed by atoms with Crippen molar-refractivity contribution in [2.45, 2.75) is 37.8 Å². The molecule has 2 aromatic rings. The lowest BCUT2D eigenvalue weighted by atomic mass is 9.81. The van der Waals surface area contributed by atoms with Gasteiger partial charge >= 0.3 is 0 Å². The van der Waals surface area contributed by atoms with Gasteiger partial charge in [-0.25, -0.2) is 0 Å². The second kappa shape index (κ2) is 6.62. The monoisotopic (exact) mass is 380 g/mol. The van der Waals surface area contributed by atoms with Gasteiger partial charge in [-0.3, -0.25) is 9.48 Å². The molecule has 148 valence electrons. The van der Waals surface area contributed by atoms with Crippen LogP contribution in [0.15, 0.2) is 30.5 Å². The van der Waals surface area contributed by atoms with E-state index in [0.29, 0.717) is 5.91 Å².